The molecule has 2 N–H and O–H groups in total. The quantitative estimate of drug-likeness (QED) is 0.721. The molecule has 1 aromatic carbocycles. The van der Waals surface area contributed by atoms with Crippen molar-refractivity contribution in [3.63, 3.8) is 0 Å². The van der Waals surface area contributed by atoms with Gasteiger partial charge in [0.1, 0.15) is 0 Å². The molecule has 1 rings (SSSR count). The van der Waals surface area contributed by atoms with Crippen LogP contribution in [-0.2, 0) is 6.54 Å². The third-order valence-corrected chi connectivity index (χ3v) is 1.76. The van der Waals surface area contributed by atoms with Crippen LogP contribution in [0, 0.1) is 0 Å². The van der Waals surface area contributed by atoms with E-state index >= 15 is 0 Å². The van der Waals surface area contributed by atoms with E-state index < -0.39 is 0 Å². The smallest absolute Gasteiger partial charge is 0.0765 e. The first-order valence-electron chi connectivity index (χ1n) is 4.23. The third-order valence-electron chi connectivity index (χ3n) is 1.66. The number of thiocarbonyl (C=S) groups is 1. The molecule has 2 nitrogen and oxygen atoms in total. The second-order valence-corrected chi connectivity index (χ2v) is 3.52. The molecule has 13 heavy (non-hydrogen) atoms. The van der Waals surface area contributed by atoms with Gasteiger partial charge in [-0.2, -0.15) is 0 Å². The van der Waals surface area contributed by atoms with Crippen LogP contribution in [0.4, 0.5) is 5.69 Å². The third kappa shape index (κ3) is 3.53. The van der Waals surface area contributed by atoms with Gasteiger partial charge in [-0.05, 0) is 31.7 Å². The van der Waals surface area contributed by atoms with Gasteiger partial charge < -0.3 is 10.6 Å². The van der Waals surface area contributed by atoms with E-state index in [4.69, 9.17) is 12.2 Å². The Morgan fingerprint density at radius 3 is 2.38 bits per heavy atom. The van der Waals surface area contributed by atoms with Crippen LogP contribution in [-0.4, -0.2) is 12.0 Å². The molecule has 0 amide bonds. The summed E-state index contributed by atoms with van der Waals surface area (Å²) in [6.45, 7) is 2.77. The normalized spacial score (nSPS) is 9.69. The van der Waals surface area contributed by atoms with Gasteiger partial charge in [0.2, 0.25) is 0 Å². The Labute approximate surface area is 84.3 Å². The highest BCUT2D eigenvalue weighted by Crippen LogP contribution is 2.09. The van der Waals surface area contributed by atoms with Crippen LogP contribution in [0.15, 0.2) is 24.3 Å². The lowest BCUT2D eigenvalue weighted by Crippen LogP contribution is -2.06. The van der Waals surface area contributed by atoms with E-state index in [0.29, 0.717) is 0 Å². The van der Waals surface area contributed by atoms with E-state index in [0.717, 1.165) is 17.2 Å². The van der Waals surface area contributed by atoms with Crippen molar-refractivity contribution in [2.45, 2.75) is 13.5 Å². The van der Waals surface area contributed by atoms with Crippen LogP contribution < -0.4 is 10.6 Å². The van der Waals surface area contributed by atoms with E-state index in [1.807, 2.05) is 26.1 Å². The second-order valence-electron chi connectivity index (χ2n) is 2.91. The summed E-state index contributed by atoms with van der Waals surface area (Å²) in [6, 6.07) is 8.22. The predicted octanol–water partition coefficient (Wildman–Crippen LogP) is 2.17. The van der Waals surface area contributed by atoms with Gasteiger partial charge in [-0.15, -0.1) is 0 Å². The second kappa shape index (κ2) is 4.94. The van der Waals surface area contributed by atoms with Crippen molar-refractivity contribution in [2.24, 2.45) is 0 Å². The molecule has 0 aliphatic rings. The van der Waals surface area contributed by atoms with Crippen molar-refractivity contribution in [1.29, 1.82) is 0 Å². The van der Waals surface area contributed by atoms with Crippen molar-refractivity contribution in [3.05, 3.63) is 29.8 Å². The maximum Gasteiger partial charge on any atom is 0.0765 e. The number of hydrogen-bond donors (Lipinski definition) is 2. The molecule has 0 heterocycles. The molecule has 1 aromatic rings. The molecular weight excluding hydrogens is 180 g/mol. The van der Waals surface area contributed by atoms with Gasteiger partial charge in [-0.25, -0.2) is 0 Å². The standard InChI is InChI=1S/C10H14N2S/c1-8(13)12-10-5-3-9(4-6-10)7-11-2/h3-6,11H,7H2,1-2H3,(H,12,13). The van der Waals surface area contributed by atoms with Gasteiger partial charge in [0.05, 0.1) is 4.99 Å². The zero-order valence-electron chi connectivity index (χ0n) is 7.92. The number of anilines is 1. The highest BCUT2D eigenvalue weighted by molar-refractivity contribution is 7.80. The molecule has 0 bridgehead atoms. The fourth-order valence-corrected chi connectivity index (χ4v) is 1.23. The largest absolute Gasteiger partial charge is 0.350 e. The minimum absolute atomic E-state index is 0.793. The fraction of sp³-hybridized carbons (Fsp3) is 0.300. The van der Waals surface area contributed by atoms with Crippen LogP contribution in [0.2, 0.25) is 0 Å². The van der Waals surface area contributed by atoms with Gasteiger partial charge in [-0.1, -0.05) is 24.4 Å². The average Bonchev–Trinajstić information content (AvgIpc) is 2.08. The minimum atomic E-state index is 0.793. The van der Waals surface area contributed by atoms with E-state index in [1.165, 1.54) is 5.56 Å². The van der Waals surface area contributed by atoms with Crippen LogP contribution in [0.3, 0.4) is 0 Å². The molecule has 70 valence electrons. The lowest BCUT2D eigenvalue weighted by Gasteiger charge is -2.05. The van der Waals surface area contributed by atoms with Crippen LogP contribution in [0.5, 0.6) is 0 Å². The summed E-state index contributed by atoms with van der Waals surface area (Å²) in [5, 5.41) is 6.18. The number of nitrogens with one attached hydrogen (secondary N) is 2. The summed E-state index contributed by atoms with van der Waals surface area (Å²) in [6.07, 6.45) is 0. The van der Waals surface area contributed by atoms with Crippen molar-refractivity contribution in [1.82, 2.24) is 5.32 Å². The highest BCUT2D eigenvalue weighted by Gasteiger charge is 1.93. The Hall–Kier alpha value is -0.930. The van der Waals surface area contributed by atoms with Gasteiger partial charge in [0.15, 0.2) is 0 Å². The molecule has 0 aliphatic carbocycles. The summed E-state index contributed by atoms with van der Waals surface area (Å²) >= 11 is 4.94. The summed E-state index contributed by atoms with van der Waals surface area (Å²) in [7, 11) is 1.94. The van der Waals surface area contributed by atoms with Crippen molar-refractivity contribution < 1.29 is 0 Å². The Morgan fingerprint density at radius 1 is 1.31 bits per heavy atom. The summed E-state index contributed by atoms with van der Waals surface area (Å²) in [5.41, 5.74) is 2.32. The summed E-state index contributed by atoms with van der Waals surface area (Å²) < 4.78 is 0. The summed E-state index contributed by atoms with van der Waals surface area (Å²) in [4.78, 5) is 0.793. The van der Waals surface area contributed by atoms with E-state index in [-0.39, 0.29) is 0 Å². The first-order valence-corrected chi connectivity index (χ1v) is 4.64. The first kappa shape index (κ1) is 10.2. The fourth-order valence-electron chi connectivity index (χ4n) is 1.11. The van der Waals surface area contributed by atoms with Gasteiger partial charge in [-0.3, -0.25) is 0 Å². The Kier molecular flexibility index (Phi) is 3.86. The monoisotopic (exact) mass is 194 g/mol. The lowest BCUT2D eigenvalue weighted by molar-refractivity contribution is 0.818. The molecule has 0 spiro atoms. The predicted molar refractivity (Wildman–Crippen MR) is 61.1 cm³/mol. The van der Waals surface area contributed by atoms with Gasteiger partial charge in [0, 0.05) is 12.2 Å². The molecular formula is C10H14N2S. The first-order chi connectivity index (χ1) is 6.22. The molecule has 0 unspecified atom stereocenters. The molecule has 0 aliphatic heterocycles. The van der Waals surface area contributed by atoms with Gasteiger partial charge >= 0.3 is 0 Å². The SMILES string of the molecule is CNCc1ccc(NC(C)=S)cc1. The highest BCUT2D eigenvalue weighted by atomic mass is 32.1. The lowest BCUT2D eigenvalue weighted by atomic mass is 10.2. The molecule has 0 saturated carbocycles. The number of rotatable bonds is 3. The molecule has 0 saturated heterocycles. The average molecular weight is 194 g/mol. The minimum Gasteiger partial charge on any atom is -0.350 e. The zero-order chi connectivity index (χ0) is 9.68. The molecule has 0 radical (unpaired) electrons. The van der Waals surface area contributed by atoms with E-state index in [2.05, 4.69) is 22.8 Å². The van der Waals surface area contributed by atoms with Crippen LogP contribution in [0.1, 0.15) is 12.5 Å². The topological polar surface area (TPSA) is 24.1 Å². The van der Waals surface area contributed by atoms with Crippen molar-refractivity contribution in [3.8, 4) is 0 Å². The van der Waals surface area contributed by atoms with E-state index in [1.54, 1.807) is 0 Å². The zero-order valence-corrected chi connectivity index (χ0v) is 8.74. The number of hydrogen-bond acceptors (Lipinski definition) is 2. The maximum atomic E-state index is 4.94. The molecule has 0 aromatic heterocycles. The van der Waals surface area contributed by atoms with Crippen molar-refractivity contribution >= 4 is 22.9 Å². The van der Waals surface area contributed by atoms with Crippen LogP contribution in [0.25, 0.3) is 0 Å². The van der Waals surface area contributed by atoms with Crippen LogP contribution >= 0.6 is 12.2 Å². The van der Waals surface area contributed by atoms with Gasteiger partial charge in [0.25, 0.3) is 0 Å². The Bertz CT molecular complexity index is 279. The molecule has 0 atom stereocenters. The van der Waals surface area contributed by atoms with E-state index in [9.17, 15) is 0 Å². The Morgan fingerprint density at radius 2 is 1.92 bits per heavy atom. The molecule has 3 heteroatoms. The Balaban J connectivity index is 2.64. The number of benzene rings is 1. The molecule has 0 fully saturated rings. The van der Waals surface area contributed by atoms with Crippen molar-refractivity contribution in [2.75, 3.05) is 12.4 Å². The maximum absolute atomic E-state index is 4.94. The summed E-state index contributed by atoms with van der Waals surface area (Å²) in [5.74, 6) is 0.